The number of nitrogens with zero attached hydrogens (tertiary/aromatic N) is 1. The summed E-state index contributed by atoms with van der Waals surface area (Å²) < 4.78 is 5.51. The first-order valence-electron chi connectivity index (χ1n) is 10.3. The van der Waals surface area contributed by atoms with Gasteiger partial charge in [0.25, 0.3) is 0 Å². The topological polar surface area (TPSA) is 41.6 Å². The highest BCUT2D eigenvalue weighted by molar-refractivity contribution is 5.90. The van der Waals surface area contributed by atoms with E-state index in [2.05, 4.69) is 48.3 Å². The third kappa shape index (κ3) is 5.08. The van der Waals surface area contributed by atoms with Crippen molar-refractivity contribution in [2.75, 3.05) is 32.8 Å². The van der Waals surface area contributed by atoms with E-state index in [0.717, 1.165) is 51.3 Å². The minimum absolute atomic E-state index is 0.107. The van der Waals surface area contributed by atoms with Gasteiger partial charge in [0.05, 0.1) is 19.6 Å². The fourth-order valence-electron chi connectivity index (χ4n) is 4.24. The number of benzene rings is 2. The molecule has 1 aliphatic rings. The van der Waals surface area contributed by atoms with E-state index in [9.17, 15) is 4.79 Å². The number of amides is 1. The Morgan fingerprint density at radius 3 is 2.52 bits per heavy atom. The molecule has 1 amide bonds. The van der Waals surface area contributed by atoms with Crippen LogP contribution in [0.5, 0.6) is 0 Å². The summed E-state index contributed by atoms with van der Waals surface area (Å²) in [5.41, 5.74) is 1.09. The number of nitrogens with one attached hydrogen (secondary N) is 1. The third-order valence-corrected chi connectivity index (χ3v) is 5.85. The van der Waals surface area contributed by atoms with Crippen LogP contribution in [-0.4, -0.2) is 49.7 Å². The van der Waals surface area contributed by atoms with Gasteiger partial charge in [0.15, 0.2) is 0 Å². The minimum Gasteiger partial charge on any atom is -0.379 e. The van der Waals surface area contributed by atoms with Crippen LogP contribution < -0.4 is 5.32 Å². The molecule has 3 rings (SSSR count). The first kappa shape index (κ1) is 19.8. The van der Waals surface area contributed by atoms with Crippen LogP contribution in [0.4, 0.5) is 0 Å². The highest BCUT2D eigenvalue weighted by Gasteiger charge is 2.27. The van der Waals surface area contributed by atoms with E-state index in [0.29, 0.717) is 18.4 Å². The minimum atomic E-state index is 0.107. The smallest absolute Gasteiger partial charge is 0.224 e. The zero-order valence-corrected chi connectivity index (χ0v) is 16.6. The van der Waals surface area contributed by atoms with Crippen LogP contribution in [0.1, 0.15) is 32.3 Å². The van der Waals surface area contributed by atoms with Gasteiger partial charge >= 0.3 is 0 Å². The molecule has 1 unspecified atom stereocenters. The van der Waals surface area contributed by atoms with Gasteiger partial charge in [-0.15, -0.1) is 0 Å². The zero-order chi connectivity index (χ0) is 19.1. The van der Waals surface area contributed by atoms with Crippen molar-refractivity contribution >= 4 is 16.7 Å². The summed E-state index contributed by atoms with van der Waals surface area (Å²) in [4.78, 5) is 15.2. The molecule has 1 aliphatic heterocycles. The van der Waals surface area contributed by atoms with E-state index in [1.807, 2.05) is 18.2 Å². The number of hydrogen-bond acceptors (Lipinski definition) is 3. The molecular weight excluding hydrogens is 336 g/mol. The van der Waals surface area contributed by atoms with Gasteiger partial charge in [-0.25, -0.2) is 0 Å². The average Bonchev–Trinajstić information content (AvgIpc) is 2.72. The maximum absolute atomic E-state index is 12.7. The Bertz CT molecular complexity index is 731. The lowest BCUT2D eigenvalue weighted by Crippen LogP contribution is -2.52. The number of ether oxygens (including phenoxy) is 1. The molecule has 0 radical (unpaired) electrons. The van der Waals surface area contributed by atoms with Gasteiger partial charge in [0.1, 0.15) is 0 Å². The first-order chi connectivity index (χ1) is 13.2. The Morgan fingerprint density at radius 1 is 1.07 bits per heavy atom. The molecule has 0 aliphatic carbocycles. The van der Waals surface area contributed by atoms with Crippen LogP contribution in [0.3, 0.4) is 0 Å². The summed E-state index contributed by atoms with van der Waals surface area (Å²) in [5.74, 6) is 0.705. The van der Waals surface area contributed by atoms with Crippen molar-refractivity contribution in [1.82, 2.24) is 10.2 Å². The fraction of sp³-hybridized carbons (Fsp3) is 0.522. The highest BCUT2D eigenvalue weighted by atomic mass is 16.5. The molecule has 4 heteroatoms. The van der Waals surface area contributed by atoms with Crippen molar-refractivity contribution in [3.05, 3.63) is 48.0 Å². The Kier molecular flexibility index (Phi) is 7.25. The first-order valence-corrected chi connectivity index (χ1v) is 10.3. The van der Waals surface area contributed by atoms with Crippen molar-refractivity contribution < 1.29 is 9.53 Å². The van der Waals surface area contributed by atoms with Gasteiger partial charge in [-0.2, -0.15) is 0 Å². The lowest BCUT2D eigenvalue weighted by Gasteiger charge is -2.38. The van der Waals surface area contributed by atoms with Gasteiger partial charge in [-0.3, -0.25) is 9.69 Å². The number of rotatable bonds is 8. The van der Waals surface area contributed by atoms with Crippen molar-refractivity contribution in [3.63, 3.8) is 0 Å². The largest absolute Gasteiger partial charge is 0.379 e. The number of hydrogen-bond donors (Lipinski definition) is 1. The summed E-state index contributed by atoms with van der Waals surface area (Å²) >= 11 is 0. The van der Waals surface area contributed by atoms with Gasteiger partial charge in [-0.1, -0.05) is 69.2 Å². The SMILES string of the molecule is CCC(CC)C(CNC(=O)Cc1cccc2ccccc12)N1CCOCC1. The molecule has 1 fully saturated rings. The van der Waals surface area contributed by atoms with Crippen LogP contribution in [-0.2, 0) is 16.0 Å². The molecule has 0 spiro atoms. The van der Waals surface area contributed by atoms with E-state index in [1.165, 1.54) is 10.8 Å². The molecule has 1 saturated heterocycles. The van der Waals surface area contributed by atoms with Crippen molar-refractivity contribution in [3.8, 4) is 0 Å². The summed E-state index contributed by atoms with van der Waals surface area (Å²) in [6, 6.07) is 14.8. The maximum Gasteiger partial charge on any atom is 0.224 e. The number of morpholine rings is 1. The maximum atomic E-state index is 12.7. The third-order valence-electron chi connectivity index (χ3n) is 5.85. The van der Waals surface area contributed by atoms with E-state index >= 15 is 0 Å². The molecule has 1 heterocycles. The fourth-order valence-corrected chi connectivity index (χ4v) is 4.24. The molecule has 1 atom stereocenters. The molecular formula is C23H32N2O2. The van der Waals surface area contributed by atoms with Crippen molar-refractivity contribution in [2.24, 2.45) is 5.92 Å². The number of carbonyl (C=O) groups excluding carboxylic acids is 1. The highest BCUT2D eigenvalue weighted by Crippen LogP contribution is 2.21. The second kappa shape index (κ2) is 9.86. The Labute approximate surface area is 162 Å². The molecule has 146 valence electrons. The summed E-state index contributed by atoms with van der Waals surface area (Å²) in [6.07, 6.45) is 2.70. The molecule has 0 saturated carbocycles. The van der Waals surface area contributed by atoms with E-state index < -0.39 is 0 Å². The Morgan fingerprint density at radius 2 is 1.78 bits per heavy atom. The Hall–Kier alpha value is -1.91. The predicted molar refractivity (Wildman–Crippen MR) is 111 cm³/mol. The summed E-state index contributed by atoms with van der Waals surface area (Å²) in [6.45, 7) is 8.72. The molecule has 2 aromatic rings. The van der Waals surface area contributed by atoms with E-state index in [1.54, 1.807) is 0 Å². The van der Waals surface area contributed by atoms with Gasteiger partial charge in [0.2, 0.25) is 5.91 Å². The van der Waals surface area contributed by atoms with Crippen molar-refractivity contribution in [2.45, 2.75) is 39.2 Å². The molecule has 0 bridgehead atoms. The summed E-state index contributed by atoms with van der Waals surface area (Å²) in [5, 5.41) is 5.57. The second-order valence-corrected chi connectivity index (χ2v) is 7.41. The molecule has 27 heavy (non-hydrogen) atoms. The molecule has 4 nitrogen and oxygen atoms in total. The summed E-state index contributed by atoms with van der Waals surface area (Å²) in [7, 11) is 0. The lowest BCUT2D eigenvalue weighted by atomic mass is 9.92. The predicted octanol–water partition coefficient (Wildman–Crippen LogP) is 3.64. The van der Waals surface area contributed by atoms with Crippen LogP contribution >= 0.6 is 0 Å². The number of carbonyl (C=O) groups is 1. The van der Waals surface area contributed by atoms with Crippen LogP contribution in [0.2, 0.25) is 0 Å². The zero-order valence-electron chi connectivity index (χ0n) is 16.6. The monoisotopic (exact) mass is 368 g/mol. The normalized spacial score (nSPS) is 16.6. The van der Waals surface area contributed by atoms with Gasteiger partial charge in [-0.05, 0) is 22.3 Å². The molecule has 2 aromatic carbocycles. The number of fused-ring (bicyclic) bond motifs is 1. The van der Waals surface area contributed by atoms with Gasteiger partial charge < -0.3 is 10.1 Å². The average molecular weight is 369 g/mol. The quantitative estimate of drug-likeness (QED) is 0.773. The molecule has 1 N–H and O–H groups in total. The van der Waals surface area contributed by atoms with E-state index in [-0.39, 0.29) is 5.91 Å². The Balaban J connectivity index is 1.64. The van der Waals surface area contributed by atoms with E-state index in [4.69, 9.17) is 4.74 Å². The van der Waals surface area contributed by atoms with Gasteiger partial charge in [0, 0.05) is 25.7 Å². The second-order valence-electron chi connectivity index (χ2n) is 7.41. The van der Waals surface area contributed by atoms with Crippen molar-refractivity contribution in [1.29, 1.82) is 0 Å². The standard InChI is InChI=1S/C23H32N2O2/c1-3-18(4-2)22(25-12-14-27-15-13-25)17-24-23(26)16-20-10-7-9-19-8-5-6-11-21(19)20/h5-11,18,22H,3-4,12-17H2,1-2H3,(H,24,26). The van der Waals surface area contributed by atoms with Crippen LogP contribution in [0.15, 0.2) is 42.5 Å². The lowest BCUT2D eigenvalue weighted by molar-refractivity contribution is -0.120. The van der Waals surface area contributed by atoms with Crippen LogP contribution in [0.25, 0.3) is 10.8 Å². The molecule has 0 aromatic heterocycles. The van der Waals surface area contributed by atoms with Crippen LogP contribution in [0, 0.1) is 5.92 Å².